The minimum Gasteiger partial charge on any atom is -0.356 e. The van der Waals surface area contributed by atoms with Crippen molar-refractivity contribution in [1.82, 2.24) is 10.2 Å². The molecule has 3 nitrogen and oxygen atoms in total. The summed E-state index contributed by atoms with van der Waals surface area (Å²) in [5.41, 5.74) is 1.30. The molecular weight excluding hydrogens is 210 g/mol. The fourth-order valence-corrected chi connectivity index (χ4v) is 1.69. The first kappa shape index (κ1) is 13.6. The van der Waals surface area contributed by atoms with Gasteiger partial charge >= 0.3 is 0 Å². The van der Waals surface area contributed by atoms with Crippen LogP contribution in [0.4, 0.5) is 0 Å². The summed E-state index contributed by atoms with van der Waals surface area (Å²) in [5.74, 6) is 0.960. The lowest BCUT2D eigenvalue weighted by Gasteiger charge is -2.22. The fourth-order valence-electron chi connectivity index (χ4n) is 1.69. The van der Waals surface area contributed by atoms with Crippen LogP contribution in [-0.4, -0.2) is 31.5 Å². The van der Waals surface area contributed by atoms with E-state index in [9.17, 15) is 0 Å². The maximum Gasteiger partial charge on any atom is 0.193 e. The number of benzene rings is 1. The largest absolute Gasteiger partial charge is 0.356 e. The molecule has 1 rings (SSSR count). The van der Waals surface area contributed by atoms with Gasteiger partial charge in [0, 0.05) is 27.2 Å². The molecule has 0 unspecified atom stereocenters. The highest BCUT2D eigenvalue weighted by molar-refractivity contribution is 5.79. The Kier molecular flexibility index (Phi) is 6.15. The van der Waals surface area contributed by atoms with E-state index < -0.39 is 0 Å². The average Bonchev–Trinajstić information content (AvgIpc) is 2.36. The first-order valence-electron chi connectivity index (χ1n) is 6.23. The van der Waals surface area contributed by atoms with Crippen LogP contribution in [0, 0.1) is 0 Å². The highest BCUT2D eigenvalue weighted by Crippen LogP contribution is 2.02. The molecule has 1 aromatic rings. The van der Waals surface area contributed by atoms with Crippen LogP contribution in [0.5, 0.6) is 0 Å². The molecule has 0 aliphatic rings. The summed E-state index contributed by atoms with van der Waals surface area (Å²) in [7, 11) is 3.89. The van der Waals surface area contributed by atoms with E-state index >= 15 is 0 Å². The van der Waals surface area contributed by atoms with E-state index in [0.717, 1.165) is 19.0 Å². The quantitative estimate of drug-likeness (QED) is 0.481. The van der Waals surface area contributed by atoms with Gasteiger partial charge in [-0.25, -0.2) is 0 Å². The first-order chi connectivity index (χ1) is 8.27. The minimum absolute atomic E-state index is 0.882. The van der Waals surface area contributed by atoms with Crippen molar-refractivity contribution < 1.29 is 0 Å². The van der Waals surface area contributed by atoms with E-state index in [1.165, 1.54) is 18.4 Å². The normalized spacial score (nSPS) is 11.4. The minimum atomic E-state index is 0.882. The Labute approximate surface area is 105 Å². The summed E-state index contributed by atoms with van der Waals surface area (Å²) in [5, 5.41) is 3.37. The smallest absolute Gasteiger partial charge is 0.193 e. The maximum absolute atomic E-state index is 4.29. The number of hydrogen-bond donors (Lipinski definition) is 1. The van der Waals surface area contributed by atoms with E-state index in [1.807, 2.05) is 13.1 Å². The summed E-state index contributed by atoms with van der Waals surface area (Å²) < 4.78 is 0. The van der Waals surface area contributed by atoms with Gasteiger partial charge in [-0.2, -0.15) is 0 Å². The molecule has 0 aliphatic heterocycles. The van der Waals surface area contributed by atoms with E-state index in [4.69, 9.17) is 0 Å². The first-order valence-corrected chi connectivity index (χ1v) is 6.23. The van der Waals surface area contributed by atoms with Crippen molar-refractivity contribution in [3.8, 4) is 0 Å². The van der Waals surface area contributed by atoms with Crippen molar-refractivity contribution in [2.45, 2.75) is 26.3 Å². The lowest BCUT2D eigenvalue weighted by Crippen LogP contribution is -2.38. The molecular formula is C14H23N3. The zero-order valence-electron chi connectivity index (χ0n) is 11.1. The second-order valence-electron chi connectivity index (χ2n) is 4.17. The third-order valence-electron chi connectivity index (χ3n) is 2.65. The molecule has 0 saturated carbocycles. The van der Waals surface area contributed by atoms with Crippen molar-refractivity contribution >= 4 is 5.96 Å². The van der Waals surface area contributed by atoms with Crippen molar-refractivity contribution in [2.24, 2.45) is 4.99 Å². The van der Waals surface area contributed by atoms with Gasteiger partial charge in [0.05, 0.1) is 0 Å². The van der Waals surface area contributed by atoms with E-state index in [0.29, 0.717) is 0 Å². The van der Waals surface area contributed by atoms with Crippen LogP contribution < -0.4 is 5.32 Å². The molecule has 0 atom stereocenters. The number of rotatable bonds is 5. The lowest BCUT2D eigenvalue weighted by molar-refractivity contribution is 0.475. The summed E-state index contributed by atoms with van der Waals surface area (Å²) in [6.07, 6.45) is 2.38. The van der Waals surface area contributed by atoms with Crippen LogP contribution in [0.25, 0.3) is 0 Å². The summed E-state index contributed by atoms with van der Waals surface area (Å²) >= 11 is 0. The molecule has 0 amide bonds. The van der Waals surface area contributed by atoms with Gasteiger partial charge in [0.25, 0.3) is 0 Å². The van der Waals surface area contributed by atoms with Crippen LogP contribution in [0.15, 0.2) is 35.3 Å². The number of hydrogen-bond acceptors (Lipinski definition) is 1. The zero-order chi connectivity index (χ0) is 12.5. The van der Waals surface area contributed by atoms with Gasteiger partial charge < -0.3 is 10.2 Å². The fraction of sp³-hybridized carbons (Fsp3) is 0.500. The van der Waals surface area contributed by atoms with Crippen LogP contribution >= 0.6 is 0 Å². The number of guanidine groups is 1. The van der Waals surface area contributed by atoms with Crippen molar-refractivity contribution in [3.05, 3.63) is 35.9 Å². The second-order valence-corrected chi connectivity index (χ2v) is 4.17. The number of unbranched alkanes of at least 4 members (excludes halogenated alkanes) is 1. The molecule has 1 N–H and O–H groups in total. The van der Waals surface area contributed by atoms with E-state index in [1.54, 1.807) is 0 Å². The third kappa shape index (κ3) is 4.89. The zero-order valence-corrected chi connectivity index (χ0v) is 11.1. The molecule has 0 radical (unpaired) electrons. The van der Waals surface area contributed by atoms with Gasteiger partial charge in [-0.1, -0.05) is 43.7 Å². The SMILES string of the molecule is CCCCNC(=NC)N(C)Cc1ccccc1. The molecule has 0 aromatic heterocycles. The highest BCUT2D eigenvalue weighted by Gasteiger charge is 2.05. The van der Waals surface area contributed by atoms with Gasteiger partial charge in [-0.3, -0.25) is 4.99 Å². The van der Waals surface area contributed by atoms with Crippen LogP contribution in [0.2, 0.25) is 0 Å². The van der Waals surface area contributed by atoms with Gasteiger partial charge in [0.1, 0.15) is 0 Å². The Morgan fingerprint density at radius 1 is 1.29 bits per heavy atom. The monoisotopic (exact) mass is 233 g/mol. The van der Waals surface area contributed by atoms with Crippen LogP contribution in [0.3, 0.4) is 0 Å². The molecule has 17 heavy (non-hydrogen) atoms. The molecule has 0 spiro atoms. The topological polar surface area (TPSA) is 27.6 Å². The van der Waals surface area contributed by atoms with Gasteiger partial charge in [-0.05, 0) is 12.0 Å². The van der Waals surface area contributed by atoms with Crippen LogP contribution in [-0.2, 0) is 6.54 Å². The van der Waals surface area contributed by atoms with E-state index in [2.05, 4.69) is 53.4 Å². The molecule has 0 fully saturated rings. The molecule has 1 aromatic carbocycles. The summed E-state index contributed by atoms with van der Waals surface area (Å²) in [6.45, 7) is 4.06. The van der Waals surface area contributed by atoms with Crippen molar-refractivity contribution in [3.63, 3.8) is 0 Å². The predicted molar refractivity (Wildman–Crippen MR) is 74.2 cm³/mol. The Morgan fingerprint density at radius 2 is 2.00 bits per heavy atom. The number of aliphatic imine (C=N–C) groups is 1. The Balaban J connectivity index is 2.47. The number of nitrogens with one attached hydrogen (secondary N) is 1. The number of nitrogens with zero attached hydrogens (tertiary/aromatic N) is 2. The Morgan fingerprint density at radius 3 is 2.59 bits per heavy atom. The lowest BCUT2D eigenvalue weighted by atomic mass is 10.2. The summed E-state index contributed by atoms with van der Waals surface area (Å²) in [4.78, 5) is 6.43. The van der Waals surface area contributed by atoms with E-state index in [-0.39, 0.29) is 0 Å². The highest BCUT2D eigenvalue weighted by atomic mass is 15.3. The Hall–Kier alpha value is -1.51. The Bertz CT molecular complexity index is 333. The van der Waals surface area contributed by atoms with Gasteiger partial charge in [-0.15, -0.1) is 0 Å². The molecule has 94 valence electrons. The standard InChI is InChI=1S/C14H23N3/c1-4-5-11-16-14(15-2)17(3)12-13-9-7-6-8-10-13/h6-10H,4-5,11-12H2,1-3H3,(H,15,16). The predicted octanol–water partition coefficient (Wildman–Crippen LogP) is 2.49. The third-order valence-corrected chi connectivity index (χ3v) is 2.65. The molecule has 0 bridgehead atoms. The second kappa shape index (κ2) is 7.71. The average molecular weight is 233 g/mol. The van der Waals surface area contributed by atoms with Gasteiger partial charge in [0.15, 0.2) is 5.96 Å². The molecule has 0 saturated heterocycles. The molecule has 0 aliphatic carbocycles. The van der Waals surface area contributed by atoms with Crippen molar-refractivity contribution in [1.29, 1.82) is 0 Å². The van der Waals surface area contributed by atoms with Crippen molar-refractivity contribution in [2.75, 3.05) is 20.6 Å². The van der Waals surface area contributed by atoms with Crippen LogP contribution in [0.1, 0.15) is 25.3 Å². The van der Waals surface area contributed by atoms with Gasteiger partial charge in [0.2, 0.25) is 0 Å². The molecule has 3 heteroatoms. The molecule has 0 heterocycles. The maximum atomic E-state index is 4.29. The summed E-state index contributed by atoms with van der Waals surface area (Å²) in [6, 6.07) is 10.4.